The van der Waals surface area contributed by atoms with Gasteiger partial charge in [0.15, 0.2) is 5.82 Å². The van der Waals surface area contributed by atoms with Gasteiger partial charge in [0.2, 0.25) is 5.91 Å². The quantitative estimate of drug-likeness (QED) is 0.731. The fraction of sp³-hybridized carbons (Fsp3) is 0.579. The number of hydrogen-bond acceptors (Lipinski definition) is 7. The molecule has 0 radical (unpaired) electrons. The molecule has 1 aromatic heterocycles. The van der Waals surface area contributed by atoms with E-state index in [2.05, 4.69) is 20.8 Å². The Balaban J connectivity index is 1.65. The van der Waals surface area contributed by atoms with Crippen LogP contribution < -0.4 is 14.8 Å². The smallest absolute Gasteiger partial charge is 0.222 e. The summed E-state index contributed by atoms with van der Waals surface area (Å²) in [6.45, 7) is 2.43. The fourth-order valence-electron chi connectivity index (χ4n) is 3.41. The highest BCUT2D eigenvalue weighted by Gasteiger charge is 2.19. The molecule has 3 rings (SSSR count). The highest BCUT2D eigenvalue weighted by Crippen LogP contribution is 2.25. The van der Waals surface area contributed by atoms with E-state index >= 15 is 0 Å². The van der Waals surface area contributed by atoms with Crippen LogP contribution in [-0.4, -0.2) is 65.4 Å². The predicted octanol–water partition coefficient (Wildman–Crippen LogP) is 1.42. The van der Waals surface area contributed by atoms with Crippen molar-refractivity contribution in [3.63, 3.8) is 0 Å². The van der Waals surface area contributed by atoms with E-state index in [4.69, 9.17) is 9.47 Å². The van der Waals surface area contributed by atoms with Gasteiger partial charge in [-0.15, -0.1) is 5.10 Å². The van der Waals surface area contributed by atoms with Crippen molar-refractivity contribution in [3.8, 4) is 17.2 Å². The molecule has 2 heterocycles. The molecule has 0 bridgehead atoms. The SMILES string of the molecule is COc1cc(OC)cc(-n2nnnc2CN(C)C(=O)CCC2CCNCC2)c1. The number of nitrogens with zero attached hydrogens (tertiary/aromatic N) is 5. The van der Waals surface area contributed by atoms with E-state index in [-0.39, 0.29) is 5.91 Å². The standard InChI is InChI=1S/C19H28N6O3/c1-24(19(26)5-4-14-6-8-20-9-7-14)13-18-21-22-23-25(18)15-10-16(27-2)12-17(11-15)28-3/h10-12,14,20H,4-9,13H2,1-3H3. The summed E-state index contributed by atoms with van der Waals surface area (Å²) in [7, 11) is 4.97. The van der Waals surface area contributed by atoms with Gasteiger partial charge >= 0.3 is 0 Å². The summed E-state index contributed by atoms with van der Waals surface area (Å²) in [6, 6.07) is 5.42. The number of amides is 1. The van der Waals surface area contributed by atoms with Crippen LogP contribution in [0, 0.1) is 5.92 Å². The lowest BCUT2D eigenvalue weighted by Crippen LogP contribution is -2.30. The van der Waals surface area contributed by atoms with Crippen molar-refractivity contribution < 1.29 is 14.3 Å². The summed E-state index contributed by atoms with van der Waals surface area (Å²) in [5.41, 5.74) is 0.715. The zero-order valence-corrected chi connectivity index (χ0v) is 16.7. The minimum Gasteiger partial charge on any atom is -0.497 e. The Labute approximate surface area is 165 Å². The van der Waals surface area contributed by atoms with Crippen molar-refractivity contribution >= 4 is 5.91 Å². The third kappa shape index (κ3) is 4.98. The van der Waals surface area contributed by atoms with Gasteiger partial charge in [0.25, 0.3) is 0 Å². The molecule has 1 aliphatic heterocycles. The summed E-state index contributed by atoms with van der Waals surface area (Å²) in [5, 5.41) is 15.3. The molecule has 9 heteroatoms. The largest absolute Gasteiger partial charge is 0.497 e. The van der Waals surface area contributed by atoms with E-state index in [1.165, 1.54) is 0 Å². The zero-order chi connectivity index (χ0) is 19.9. The van der Waals surface area contributed by atoms with Crippen molar-refractivity contribution in [2.75, 3.05) is 34.4 Å². The molecule has 9 nitrogen and oxygen atoms in total. The average molecular weight is 388 g/mol. The van der Waals surface area contributed by atoms with E-state index in [0.717, 1.165) is 32.4 Å². The van der Waals surface area contributed by atoms with E-state index in [1.807, 2.05) is 12.1 Å². The molecule has 0 unspecified atom stereocenters. The number of methoxy groups -OCH3 is 2. The van der Waals surface area contributed by atoms with Crippen molar-refractivity contribution in [1.82, 2.24) is 30.4 Å². The first-order chi connectivity index (χ1) is 13.6. The second-order valence-corrected chi connectivity index (χ2v) is 7.06. The van der Waals surface area contributed by atoms with Crippen LogP contribution in [0.4, 0.5) is 0 Å². The minimum atomic E-state index is 0.108. The van der Waals surface area contributed by atoms with Crippen molar-refractivity contribution in [3.05, 3.63) is 24.0 Å². The molecule has 28 heavy (non-hydrogen) atoms. The number of carbonyl (C=O) groups is 1. The molecular formula is C19H28N6O3. The molecule has 0 spiro atoms. The van der Waals surface area contributed by atoms with Gasteiger partial charge in [-0.1, -0.05) is 0 Å². The van der Waals surface area contributed by atoms with Gasteiger partial charge in [-0.25, -0.2) is 0 Å². The van der Waals surface area contributed by atoms with Crippen LogP contribution >= 0.6 is 0 Å². The molecule has 1 aliphatic rings. The first-order valence-corrected chi connectivity index (χ1v) is 9.56. The molecule has 1 fully saturated rings. The van der Waals surface area contributed by atoms with Gasteiger partial charge in [-0.3, -0.25) is 4.79 Å². The number of carbonyl (C=O) groups excluding carboxylic acids is 1. The molecule has 1 saturated heterocycles. The third-order valence-corrected chi connectivity index (χ3v) is 5.14. The first kappa shape index (κ1) is 20.1. The Hall–Kier alpha value is -2.68. The highest BCUT2D eigenvalue weighted by molar-refractivity contribution is 5.75. The second-order valence-electron chi connectivity index (χ2n) is 7.06. The Morgan fingerprint density at radius 3 is 2.54 bits per heavy atom. The predicted molar refractivity (Wildman–Crippen MR) is 104 cm³/mol. The Morgan fingerprint density at radius 1 is 1.21 bits per heavy atom. The van der Waals surface area contributed by atoms with Gasteiger partial charge < -0.3 is 19.7 Å². The summed E-state index contributed by atoms with van der Waals surface area (Å²) in [4.78, 5) is 14.2. The Morgan fingerprint density at radius 2 is 1.89 bits per heavy atom. The molecule has 1 aromatic carbocycles. The zero-order valence-electron chi connectivity index (χ0n) is 16.7. The van der Waals surface area contributed by atoms with E-state index < -0.39 is 0 Å². The summed E-state index contributed by atoms with van der Waals surface area (Å²) in [5.74, 6) is 2.60. The average Bonchev–Trinajstić information content (AvgIpc) is 3.20. The van der Waals surface area contributed by atoms with E-state index in [1.54, 1.807) is 36.9 Å². The van der Waals surface area contributed by atoms with Crippen LogP contribution in [0.15, 0.2) is 18.2 Å². The summed E-state index contributed by atoms with van der Waals surface area (Å²) < 4.78 is 12.2. The molecule has 0 aliphatic carbocycles. The van der Waals surface area contributed by atoms with Crippen LogP contribution in [0.2, 0.25) is 0 Å². The van der Waals surface area contributed by atoms with Crippen molar-refractivity contribution in [1.29, 1.82) is 0 Å². The van der Waals surface area contributed by atoms with Gasteiger partial charge in [-0.2, -0.15) is 4.68 Å². The lowest BCUT2D eigenvalue weighted by molar-refractivity contribution is -0.130. The van der Waals surface area contributed by atoms with Crippen LogP contribution in [-0.2, 0) is 11.3 Å². The maximum absolute atomic E-state index is 12.6. The van der Waals surface area contributed by atoms with E-state index in [0.29, 0.717) is 41.9 Å². The lowest BCUT2D eigenvalue weighted by atomic mass is 9.93. The molecular weight excluding hydrogens is 360 g/mol. The van der Waals surface area contributed by atoms with Crippen LogP contribution in [0.25, 0.3) is 5.69 Å². The van der Waals surface area contributed by atoms with Gasteiger partial charge in [0.05, 0.1) is 26.5 Å². The lowest BCUT2D eigenvalue weighted by Gasteiger charge is -2.23. The van der Waals surface area contributed by atoms with Crippen molar-refractivity contribution in [2.45, 2.75) is 32.2 Å². The highest BCUT2D eigenvalue weighted by atomic mass is 16.5. The number of rotatable bonds is 8. The number of aromatic nitrogens is 4. The van der Waals surface area contributed by atoms with Crippen LogP contribution in [0.5, 0.6) is 11.5 Å². The Kier molecular flexibility index (Phi) is 6.80. The van der Waals surface area contributed by atoms with E-state index in [9.17, 15) is 4.79 Å². The number of ether oxygens (including phenoxy) is 2. The van der Waals surface area contributed by atoms with Gasteiger partial charge in [0, 0.05) is 31.7 Å². The van der Waals surface area contributed by atoms with Crippen molar-refractivity contribution in [2.24, 2.45) is 5.92 Å². The maximum atomic E-state index is 12.6. The topological polar surface area (TPSA) is 94.4 Å². The third-order valence-electron chi connectivity index (χ3n) is 5.14. The number of hydrogen-bond donors (Lipinski definition) is 1. The number of benzene rings is 1. The molecule has 0 saturated carbocycles. The molecule has 0 atom stereocenters. The number of piperidine rings is 1. The van der Waals surface area contributed by atoms with Crippen LogP contribution in [0.3, 0.4) is 0 Å². The molecule has 1 N–H and O–H groups in total. The molecule has 2 aromatic rings. The minimum absolute atomic E-state index is 0.108. The molecule has 1 amide bonds. The molecule has 152 valence electrons. The Bertz CT molecular complexity index is 765. The second kappa shape index (κ2) is 9.50. The van der Waals surface area contributed by atoms with Gasteiger partial charge in [-0.05, 0) is 48.7 Å². The number of nitrogens with one attached hydrogen (secondary N) is 1. The summed E-state index contributed by atoms with van der Waals surface area (Å²) in [6.07, 6.45) is 3.78. The summed E-state index contributed by atoms with van der Waals surface area (Å²) >= 11 is 0. The maximum Gasteiger partial charge on any atom is 0.222 e. The first-order valence-electron chi connectivity index (χ1n) is 9.56. The normalized spacial score (nSPS) is 14.7. The fourth-order valence-corrected chi connectivity index (χ4v) is 3.41. The monoisotopic (exact) mass is 388 g/mol. The van der Waals surface area contributed by atoms with Crippen LogP contribution in [0.1, 0.15) is 31.5 Å². The number of tetrazole rings is 1. The van der Waals surface area contributed by atoms with Gasteiger partial charge in [0.1, 0.15) is 11.5 Å².